The summed E-state index contributed by atoms with van der Waals surface area (Å²) in [6.45, 7) is 4.27. The minimum absolute atomic E-state index is 0.241. The summed E-state index contributed by atoms with van der Waals surface area (Å²) in [5.74, 6) is 0. The number of aliphatic hydroxyl groups is 1. The van der Waals surface area contributed by atoms with Gasteiger partial charge in [-0.3, -0.25) is 0 Å². The molecule has 0 radical (unpaired) electrons. The molecule has 0 bridgehead atoms. The molecule has 0 aromatic carbocycles. The summed E-state index contributed by atoms with van der Waals surface area (Å²) in [6.07, 6.45) is 1.01. The average molecular weight is 116 g/mol. The Morgan fingerprint density at radius 1 is 1.75 bits per heavy atom. The van der Waals surface area contributed by atoms with Crippen LogP contribution in [0.1, 0.15) is 20.3 Å². The highest BCUT2D eigenvalue weighted by molar-refractivity contribution is 4.80. The molecule has 0 aromatic rings. The van der Waals surface area contributed by atoms with E-state index < -0.39 is 5.60 Å². The third-order valence-electron chi connectivity index (χ3n) is 1.41. The van der Waals surface area contributed by atoms with Crippen LogP contribution in [0.5, 0.6) is 0 Å². The maximum atomic E-state index is 9.24. The van der Waals surface area contributed by atoms with E-state index in [9.17, 15) is 5.11 Å². The number of hydrogen-bond acceptors (Lipinski definition) is 2. The van der Waals surface area contributed by atoms with Crippen LogP contribution in [0.2, 0.25) is 0 Å². The molecule has 1 aliphatic rings. The molecule has 8 heavy (non-hydrogen) atoms. The van der Waals surface area contributed by atoms with Crippen LogP contribution in [0.25, 0.3) is 0 Å². The van der Waals surface area contributed by atoms with Gasteiger partial charge in [0.15, 0.2) is 0 Å². The van der Waals surface area contributed by atoms with Crippen molar-refractivity contribution >= 4 is 0 Å². The van der Waals surface area contributed by atoms with Crippen molar-refractivity contribution in [1.29, 1.82) is 0 Å². The van der Waals surface area contributed by atoms with Gasteiger partial charge in [0.1, 0.15) is 0 Å². The van der Waals surface area contributed by atoms with Crippen LogP contribution in [0.3, 0.4) is 0 Å². The van der Waals surface area contributed by atoms with Gasteiger partial charge < -0.3 is 9.84 Å². The van der Waals surface area contributed by atoms with Gasteiger partial charge in [0.25, 0.3) is 0 Å². The highest BCUT2D eigenvalue weighted by Crippen LogP contribution is 2.22. The van der Waals surface area contributed by atoms with E-state index in [4.69, 9.17) is 4.74 Å². The maximum Gasteiger partial charge on any atom is 0.0876 e. The predicted molar refractivity (Wildman–Crippen MR) is 30.7 cm³/mol. The minimum atomic E-state index is -0.556. The first-order valence-corrected chi connectivity index (χ1v) is 2.94. The monoisotopic (exact) mass is 116 g/mol. The molecule has 1 N–H and O–H groups in total. The fourth-order valence-electron chi connectivity index (χ4n) is 1.06. The number of hydrogen-bond donors (Lipinski definition) is 1. The molecule has 0 aliphatic carbocycles. The van der Waals surface area contributed by atoms with Crippen LogP contribution < -0.4 is 0 Å². The van der Waals surface area contributed by atoms with Crippen molar-refractivity contribution in [2.24, 2.45) is 0 Å². The third-order valence-corrected chi connectivity index (χ3v) is 1.41. The normalized spacial score (nSPS) is 47.6. The summed E-state index contributed by atoms with van der Waals surface area (Å²) in [5, 5.41) is 9.24. The summed E-state index contributed by atoms with van der Waals surface area (Å²) in [7, 11) is 0. The molecule has 0 spiro atoms. The zero-order valence-corrected chi connectivity index (χ0v) is 5.35. The smallest absolute Gasteiger partial charge is 0.0876 e. The van der Waals surface area contributed by atoms with E-state index in [0.29, 0.717) is 6.61 Å². The van der Waals surface area contributed by atoms with Crippen molar-refractivity contribution in [3.63, 3.8) is 0 Å². The van der Waals surface area contributed by atoms with E-state index in [1.54, 1.807) is 6.92 Å². The molecule has 2 heteroatoms. The minimum Gasteiger partial charge on any atom is -0.388 e. The Bertz CT molecular complexity index is 88.5. The Labute approximate surface area is 49.5 Å². The molecule has 2 nitrogen and oxygen atoms in total. The second-order valence-corrected chi connectivity index (χ2v) is 2.82. The summed E-state index contributed by atoms with van der Waals surface area (Å²) in [4.78, 5) is 0. The third kappa shape index (κ3) is 1.20. The Morgan fingerprint density at radius 2 is 2.38 bits per heavy atom. The summed E-state index contributed by atoms with van der Waals surface area (Å²) < 4.78 is 5.12. The fourth-order valence-corrected chi connectivity index (χ4v) is 1.06. The van der Waals surface area contributed by atoms with Gasteiger partial charge in [0, 0.05) is 6.42 Å². The topological polar surface area (TPSA) is 29.5 Å². The molecule has 1 saturated heterocycles. The van der Waals surface area contributed by atoms with Crippen LogP contribution in [0.4, 0.5) is 0 Å². The largest absolute Gasteiger partial charge is 0.388 e. The molecule has 2 atom stereocenters. The SMILES string of the molecule is CC1CC(C)(O)CO1. The molecule has 0 amide bonds. The Kier molecular flexibility index (Phi) is 1.29. The summed E-state index contributed by atoms with van der Waals surface area (Å²) in [5.41, 5.74) is -0.556. The van der Waals surface area contributed by atoms with Gasteiger partial charge >= 0.3 is 0 Å². The van der Waals surface area contributed by atoms with E-state index in [1.165, 1.54) is 0 Å². The van der Waals surface area contributed by atoms with E-state index in [-0.39, 0.29) is 6.10 Å². The van der Waals surface area contributed by atoms with E-state index >= 15 is 0 Å². The number of ether oxygens (including phenoxy) is 1. The maximum absolute atomic E-state index is 9.24. The second-order valence-electron chi connectivity index (χ2n) is 2.82. The van der Waals surface area contributed by atoms with Crippen LogP contribution in [-0.2, 0) is 4.74 Å². The first-order chi connectivity index (χ1) is 3.60. The highest BCUT2D eigenvalue weighted by atomic mass is 16.5. The van der Waals surface area contributed by atoms with Crippen molar-refractivity contribution in [3.8, 4) is 0 Å². The highest BCUT2D eigenvalue weighted by Gasteiger charge is 2.30. The lowest BCUT2D eigenvalue weighted by Gasteiger charge is -2.10. The van der Waals surface area contributed by atoms with Gasteiger partial charge in [-0.15, -0.1) is 0 Å². The molecule has 0 saturated carbocycles. The van der Waals surface area contributed by atoms with E-state index in [1.807, 2.05) is 6.92 Å². The van der Waals surface area contributed by atoms with Crippen LogP contribution in [-0.4, -0.2) is 23.4 Å². The molecule has 1 aliphatic heterocycles. The molecule has 0 aromatic heterocycles. The van der Waals surface area contributed by atoms with E-state index in [2.05, 4.69) is 0 Å². The first-order valence-electron chi connectivity index (χ1n) is 2.94. The first kappa shape index (κ1) is 6.05. The van der Waals surface area contributed by atoms with Gasteiger partial charge in [0.2, 0.25) is 0 Å². The lowest BCUT2D eigenvalue weighted by Crippen LogP contribution is -2.23. The van der Waals surface area contributed by atoms with Crippen molar-refractivity contribution in [3.05, 3.63) is 0 Å². The standard InChI is InChI=1S/C6H12O2/c1-5-3-6(2,7)4-8-5/h5,7H,3-4H2,1-2H3. The van der Waals surface area contributed by atoms with Crippen LogP contribution >= 0.6 is 0 Å². The Morgan fingerprint density at radius 3 is 2.50 bits per heavy atom. The zero-order chi connectivity index (χ0) is 6.20. The summed E-state index contributed by atoms with van der Waals surface area (Å²) >= 11 is 0. The molecular weight excluding hydrogens is 104 g/mol. The summed E-state index contributed by atoms with van der Waals surface area (Å²) in [6, 6.07) is 0. The second kappa shape index (κ2) is 1.71. The van der Waals surface area contributed by atoms with Crippen molar-refractivity contribution in [2.45, 2.75) is 32.0 Å². The average Bonchev–Trinajstić information content (AvgIpc) is 1.82. The Balaban J connectivity index is 2.44. The van der Waals surface area contributed by atoms with Crippen LogP contribution in [0, 0.1) is 0 Å². The van der Waals surface area contributed by atoms with Crippen molar-refractivity contribution in [2.75, 3.05) is 6.61 Å². The lowest BCUT2D eigenvalue weighted by molar-refractivity contribution is 0.0377. The molecule has 2 unspecified atom stereocenters. The van der Waals surface area contributed by atoms with Crippen molar-refractivity contribution in [1.82, 2.24) is 0 Å². The molecular formula is C6H12O2. The van der Waals surface area contributed by atoms with Gasteiger partial charge in [-0.2, -0.15) is 0 Å². The number of rotatable bonds is 0. The van der Waals surface area contributed by atoms with E-state index in [0.717, 1.165) is 6.42 Å². The molecule has 48 valence electrons. The fraction of sp³-hybridized carbons (Fsp3) is 1.00. The van der Waals surface area contributed by atoms with Crippen molar-refractivity contribution < 1.29 is 9.84 Å². The molecule has 1 fully saturated rings. The predicted octanol–water partition coefficient (Wildman–Crippen LogP) is 0.546. The lowest BCUT2D eigenvalue weighted by atomic mass is 10.0. The molecule has 1 rings (SSSR count). The van der Waals surface area contributed by atoms with Gasteiger partial charge in [0.05, 0.1) is 18.3 Å². The van der Waals surface area contributed by atoms with Gasteiger partial charge in [-0.25, -0.2) is 0 Å². The zero-order valence-electron chi connectivity index (χ0n) is 5.35. The van der Waals surface area contributed by atoms with Crippen LogP contribution in [0.15, 0.2) is 0 Å². The van der Waals surface area contributed by atoms with Gasteiger partial charge in [-0.1, -0.05) is 0 Å². The van der Waals surface area contributed by atoms with Gasteiger partial charge in [-0.05, 0) is 13.8 Å². The molecule has 1 heterocycles. The Hall–Kier alpha value is -0.0800. The quantitative estimate of drug-likeness (QED) is 0.500.